The number of aliphatic carboxylic acids is 1. The second-order valence-corrected chi connectivity index (χ2v) is 3.04. The van der Waals surface area contributed by atoms with E-state index in [1.807, 2.05) is 13.8 Å². The van der Waals surface area contributed by atoms with E-state index in [-0.39, 0.29) is 5.92 Å². The minimum Gasteiger partial charge on any atom is -0.481 e. The molecule has 0 spiro atoms. The van der Waals surface area contributed by atoms with Gasteiger partial charge in [-0.3, -0.25) is 4.79 Å². The van der Waals surface area contributed by atoms with Crippen LogP contribution < -0.4 is 0 Å². The van der Waals surface area contributed by atoms with Gasteiger partial charge in [-0.1, -0.05) is 6.92 Å². The molecule has 1 atom stereocenters. The molecule has 0 rings (SSSR count). The highest BCUT2D eigenvalue weighted by Gasteiger charge is 2.13. The molecule has 1 unspecified atom stereocenters. The van der Waals surface area contributed by atoms with Crippen LogP contribution in [0, 0.1) is 5.92 Å². The molecule has 0 aliphatic heterocycles. The molecule has 0 heterocycles. The predicted molar refractivity (Wildman–Crippen MR) is 53.3 cm³/mol. The van der Waals surface area contributed by atoms with Gasteiger partial charge in [-0.05, 0) is 19.8 Å². The first-order valence-corrected chi connectivity index (χ1v) is 5.10. The van der Waals surface area contributed by atoms with Crippen molar-refractivity contribution in [2.75, 3.05) is 26.4 Å². The Kier molecular flexibility index (Phi) is 8.57. The van der Waals surface area contributed by atoms with Crippen molar-refractivity contribution in [2.45, 2.75) is 26.7 Å². The zero-order valence-corrected chi connectivity index (χ0v) is 8.99. The first-order chi connectivity index (χ1) is 6.72. The lowest BCUT2D eigenvalue weighted by Crippen LogP contribution is -2.16. The fourth-order valence-corrected chi connectivity index (χ4v) is 1.09. The van der Waals surface area contributed by atoms with Crippen molar-refractivity contribution in [1.82, 2.24) is 0 Å². The maximum atomic E-state index is 10.6. The van der Waals surface area contributed by atoms with Gasteiger partial charge >= 0.3 is 5.97 Å². The molecule has 0 amide bonds. The largest absolute Gasteiger partial charge is 0.481 e. The van der Waals surface area contributed by atoms with Crippen LogP contribution in [0.1, 0.15) is 26.7 Å². The highest BCUT2D eigenvalue weighted by Crippen LogP contribution is 2.07. The maximum Gasteiger partial charge on any atom is 0.306 e. The summed E-state index contributed by atoms with van der Waals surface area (Å²) in [5.41, 5.74) is 0. The average molecular weight is 204 g/mol. The molecule has 0 aliphatic carbocycles. The summed E-state index contributed by atoms with van der Waals surface area (Å²) >= 11 is 0. The summed E-state index contributed by atoms with van der Waals surface area (Å²) in [6.07, 6.45) is 1.24. The number of hydrogen-bond donors (Lipinski definition) is 1. The molecule has 0 bridgehead atoms. The molecule has 0 aromatic heterocycles. The summed E-state index contributed by atoms with van der Waals surface area (Å²) in [5, 5.41) is 8.73. The normalized spacial score (nSPS) is 12.7. The van der Waals surface area contributed by atoms with Crippen LogP contribution in [0.25, 0.3) is 0 Å². The SMILES string of the molecule is CCOCCOCCC(CC)C(=O)O. The first-order valence-electron chi connectivity index (χ1n) is 5.10. The van der Waals surface area contributed by atoms with E-state index >= 15 is 0 Å². The minimum absolute atomic E-state index is 0.276. The minimum atomic E-state index is -0.735. The molecule has 4 nitrogen and oxygen atoms in total. The lowest BCUT2D eigenvalue weighted by molar-refractivity contribution is -0.142. The summed E-state index contributed by atoms with van der Waals surface area (Å²) < 4.78 is 10.3. The van der Waals surface area contributed by atoms with Crippen LogP contribution >= 0.6 is 0 Å². The van der Waals surface area contributed by atoms with E-state index in [0.29, 0.717) is 39.3 Å². The van der Waals surface area contributed by atoms with E-state index in [1.54, 1.807) is 0 Å². The molecule has 0 aromatic rings. The Morgan fingerprint density at radius 3 is 2.36 bits per heavy atom. The Morgan fingerprint density at radius 2 is 1.86 bits per heavy atom. The zero-order valence-electron chi connectivity index (χ0n) is 8.99. The molecule has 4 heteroatoms. The van der Waals surface area contributed by atoms with Gasteiger partial charge in [0.1, 0.15) is 0 Å². The van der Waals surface area contributed by atoms with Crippen molar-refractivity contribution in [1.29, 1.82) is 0 Å². The van der Waals surface area contributed by atoms with Gasteiger partial charge < -0.3 is 14.6 Å². The zero-order chi connectivity index (χ0) is 10.8. The van der Waals surface area contributed by atoms with Crippen molar-refractivity contribution >= 4 is 5.97 Å². The number of rotatable bonds is 9. The number of hydrogen-bond acceptors (Lipinski definition) is 3. The number of carboxylic acid groups (broad SMARTS) is 1. The van der Waals surface area contributed by atoms with Gasteiger partial charge in [0.05, 0.1) is 19.1 Å². The van der Waals surface area contributed by atoms with Gasteiger partial charge in [-0.25, -0.2) is 0 Å². The monoisotopic (exact) mass is 204 g/mol. The van der Waals surface area contributed by atoms with E-state index in [1.165, 1.54) is 0 Å². The van der Waals surface area contributed by atoms with Crippen molar-refractivity contribution in [3.8, 4) is 0 Å². The van der Waals surface area contributed by atoms with Crippen LogP contribution in [0.5, 0.6) is 0 Å². The van der Waals surface area contributed by atoms with Gasteiger partial charge in [0.2, 0.25) is 0 Å². The lowest BCUT2D eigenvalue weighted by atomic mass is 10.0. The molecule has 0 saturated carbocycles. The molecular formula is C10H20O4. The van der Waals surface area contributed by atoms with Gasteiger partial charge in [0.15, 0.2) is 0 Å². The van der Waals surface area contributed by atoms with Gasteiger partial charge in [0.25, 0.3) is 0 Å². The molecule has 84 valence electrons. The molecule has 0 fully saturated rings. The Hall–Kier alpha value is -0.610. The van der Waals surface area contributed by atoms with Crippen LogP contribution in [-0.2, 0) is 14.3 Å². The molecule has 0 aliphatic rings. The van der Waals surface area contributed by atoms with E-state index in [0.717, 1.165) is 0 Å². The van der Waals surface area contributed by atoms with E-state index in [9.17, 15) is 4.79 Å². The second kappa shape index (κ2) is 8.97. The van der Waals surface area contributed by atoms with Crippen LogP contribution in [0.3, 0.4) is 0 Å². The quantitative estimate of drug-likeness (QED) is 0.579. The smallest absolute Gasteiger partial charge is 0.306 e. The van der Waals surface area contributed by atoms with Crippen molar-refractivity contribution in [3.63, 3.8) is 0 Å². The average Bonchev–Trinajstić information content (AvgIpc) is 2.16. The summed E-state index contributed by atoms with van der Waals surface area (Å²) in [7, 11) is 0. The topological polar surface area (TPSA) is 55.8 Å². The summed E-state index contributed by atoms with van der Waals surface area (Å²) in [6.45, 7) is 6.12. The summed E-state index contributed by atoms with van der Waals surface area (Å²) in [6, 6.07) is 0. The van der Waals surface area contributed by atoms with E-state index < -0.39 is 5.97 Å². The van der Waals surface area contributed by atoms with Crippen molar-refractivity contribution in [3.05, 3.63) is 0 Å². The first kappa shape index (κ1) is 13.4. The van der Waals surface area contributed by atoms with Crippen LogP contribution in [-0.4, -0.2) is 37.5 Å². The van der Waals surface area contributed by atoms with Crippen LogP contribution in [0.15, 0.2) is 0 Å². The van der Waals surface area contributed by atoms with E-state index in [4.69, 9.17) is 14.6 Å². The summed E-state index contributed by atoms with van der Waals surface area (Å²) in [5.74, 6) is -1.01. The fraction of sp³-hybridized carbons (Fsp3) is 0.900. The third-order valence-corrected chi connectivity index (χ3v) is 2.03. The molecular weight excluding hydrogens is 184 g/mol. The maximum absolute atomic E-state index is 10.6. The van der Waals surface area contributed by atoms with Crippen LogP contribution in [0.2, 0.25) is 0 Å². The molecule has 0 radical (unpaired) electrons. The number of carbonyl (C=O) groups is 1. The second-order valence-electron chi connectivity index (χ2n) is 3.04. The Balaban J connectivity index is 3.29. The highest BCUT2D eigenvalue weighted by atomic mass is 16.5. The molecule has 14 heavy (non-hydrogen) atoms. The van der Waals surface area contributed by atoms with Gasteiger partial charge in [-0.15, -0.1) is 0 Å². The Bertz CT molecular complexity index is 147. The Labute approximate surface area is 85.2 Å². The van der Waals surface area contributed by atoms with E-state index in [2.05, 4.69) is 0 Å². The standard InChI is InChI=1S/C10H20O4/c1-3-9(10(11)12)5-6-14-8-7-13-4-2/h9H,3-8H2,1-2H3,(H,11,12). The number of carboxylic acids is 1. The highest BCUT2D eigenvalue weighted by molar-refractivity contribution is 5.69. The van der Waals surface area contributed by atoms with Crippen molar-refractivity contribution < 1.29 is 19.4 Å². The Morgan fingerprint density at radius 1 is 1.21 bits per heavy atom. The predicted octanol–water partition coefficient (Wildman–Crippen LogP) is 1.54. The lowest BCUT2D eigenvalue weighted by Gasteiger charge is -2.09. The molecule has 1 N–H and O–H groups in total. The summed E-state index contributed by atoms with van der Waals surface area (Å²) in [4.78, 5) is 10.6. The number of ether oxygens (including phenoxy) is 2. The van der Waals surface area contributed by atoms with Gasteiger partial charge in [0, 0.05) is 13.2 Å². The van der Waals surface area contributed by atoms with Crippen molar-refractivity contribution in [2.24, 2.45) is 5.92 Å². The molecule has 0 aromatic carbocycles. The van der Waals surface area contributed by atoms with Crippen LogP contribution in [0.4, 0.5) is 0 Å². The third-order valence-electron chi connectivity index (χ3n) is 2.03. The fourth-order valence-electron chi connectivity index (χ4n) is 1.09. The third kappa shape index (κ3) is 6.86. The molecule has 0 saturated heterocycles. The van der Waals surface area contributed by atoms with Gasteiger partial charge in [-0.2, -0.15) is 0 Å².